The molecule has 0 spiro atoms. The van der Waals surface area contributed by atoms with E-state index in [1.165, 1.54) is 4.90 Å². The third-order valence-electron chi connectivity index (χ3n) is 4.50. The Hall–Kier alpha value is -1.89. The minimum Gasteiger partial charge on any atom is -0.347 e. The van der Waals surface area contributed by atoms with E-state index in [0.29, 0.717) is 19.3 Å². The van der Waals surface area contributed by atoms with Crippen LogP contribution in [0.5, 0.6) is 0 Å². The minimum absolute atomic E-state index is 0.254. The topological polar surface area (TPSA) is 83.6 Å². The zero-order valence-electron chi connectivity index (χ0n) is 14.8. The summed E-state index contributed by atoms with van der Waals surface area (Å²) in [5.74, 6) is -1.41. The van der Waals surface area contributed by atoms with E-state index in [2.05, 4.69) is 5.32 Å². The second kappa shape index (κ2) is 8.47. The van der Waals surface area contributed by atoms with E-state index in [1.54, 1.807) is 14.1 Å². The number of benzene rings is 1. The van der Waals surface area contributed by atoms with Crippen LogP contribution >= 0.6 is 0 Å². The van der Waals surface area contributed by atoms with Gasteiger partial charge in [-0.25, -0.2) is 8.42 Å². The maximum atomic E-state index is 12.4. The standard InChI is InChI=1S/C18H26N2O4S/c1-20(2)18(22)16(12-14-8-4-3-5-9-14)19-17(21)13-25(23,24)15-10-6-7-11-15/h3-5,8-9,15-16H,6-7,10-13H2,1-2H3,(H,19,21). The SMILES string of the molecule is CN(C)C(=O)C(Cc1ccccc1)NC(=O)CS(=O)(=O)C1CCCC1. The molecule has 1 aromatic carbocycles. The van der Waals surface area contributed by atoms with Gasteiger partial charge in [0.05, 0.1) is 5.25 Å². The van der Waals surface area contributed by atoms with Gasteiger partial charge in [-0.3, -0.25) is 9.59 Å². The van der Waals surface area contributed by atoms with Gasteiger partial charge in [-0.05, 0) is 18.4 Å². The first-order chi connectivity index (χ1) is 11.8. The first-order valence-electron chi connectivity index (χ1n) is 8.55. The lowest BCUT2D eigenvalue weighted by Gasteiger charge is -2.22. The largest absolute Gasteiger partial charge is 0.347 e. The molecule has 1 unspecified atom stereocenters. The van der Waals surface area contributed by atoms with Gasteiger partial charge in [0.15, 0.2) is 9.84 Å². The lowest BCUT2D eigenvalue weighted by molar-refractivity contribution is -0.133. The highest BCUT2D eigenvalue weighted by Crippen LogP contribution is 2.25. The van der Waals surface area contributed by atoms with Gasteiger partial charge in [0.25, 0.3) is 0 Å². The highest BCUT2D eigenvalue weighted by atomic mass is 32.2. The van der Waals surface area contributed by atoms with Crippen LogP contribution in [0.3, 0.4) is 0 Å². The summed E-state index contributed by atoms with van der Waals surface area (Å²) in [4.78, 5) is 26.1. The van der Waals surface area contributed by atoms with Crippen molar-refractivity contribution in [3.8, 4) is 0 Å². The monoisotopic (exact) mass is 366 g/mol. The van der Waals surface area contributed by atoms with Gasteiger partial charge in [-0.1, -0.05) is 43.2 Å². The molecule has 1 fully saturated rings. The Morgan fingerprint density at radius 2 is 1.76 bits per heavy atom. The molecule has 1 N–H and O–H groups in total. The summed E-state index contributed by atoms with van der Waals surface area (Å²) in [6.07, 6.45) is 3.36. The van der Waals surface area contributed by atoms with Crippen LogP contribution in [0.4, 0.5) is 0 Å². The Morgan fingerprint density at radius 1 is 1.16 bits per heavy atom. The fourth-order valence-corrected chi connectivity index (χ4v) is 4.88. The van der Waals surface area contributed by atoms with E-state index in [0.717, 1.165) is 18.4 Å². The molecule has 0 saturated heterocycles. The molecule has 6 nitrogen and oxygen atoms in total. The maximum absolute atomic E-state index is 12.4. The third kappa shape index (κ3) is 5.56. The van der Waals surface area contributed by atoms with Crippen LogP contribution in [-0.4, -0.2) is 56.3 Å². The zero-order chi connectivity index (χ0) is 18.4. The summed E-state index contributed by atoms with van der Waals surface area (Å²) < 4.78 is 24.7. The van der Waals surface area contributed by atoms with E-state index in [1.807, 2.05) is 30.3 Å². The van der Waals surface area contributed by atoms with Crippen molar-refractivity contribution in [2.24, 2.45) is 0 Å². The molecule has 1 atom stereocenters. The molecular formula is C18H26N2O4S. The maximum Gasteiger partial charge on any atom is 0.244 e. The number of sulfone groups is 1. The number of hydrogen-bond acceptors (Lipinski definition) is 4. The van der Waals surface area contributed by atoms with E-state index in [9.17, 15) is 18.0 Å². The minimum atomic E-state index is -3.46. The van der Waals surface area contributed by atoms with Crippen LogP contribution in [0.1, 0.15) is 31.2 Å². The highest BCUT2D eigenvalue weighted by Gasteiger charge is 2.32. The number of hydrogen-bond donors (Lipinski definition) is 1. The predicted octanol–water partition coefficient (Wildman–Crippen LogP) is 1.16. The van der Waals surface area contributed by atoms with Crippen LogP contribution in [0.2, 0.25) is 0 Å². The van der Waals surface area contributed by atoms with Crippen LogP contribution in [-0.2, 0) is 25.8 Å². The summed E-state index contributed by atoms with van der Waals surface area (Å²) in [5.41, 5.74) is 0.904. The van der Waals surface area contributed by atoms with Crippen LogP contribution in [0.15, 0.2) is 30.3 Å². The van der Waals surface area contributed by atoms with Gasteiger partial charge in [-0.2, -0.15) is 0 Å². The van der Waals surface area contributed by atoms with Gasteiger partial charge >= 0.3 is 0 Å². The Morgan fingerprint density at radius 3 is 2.32 bits per heavy atom. The number of carbonyl (C=O) groups excluding carboxylic acids is 2. The summed E-state index contributed by atoms with van der Waals surface area (Å²) in [6, 6.07) is 8.56. The summed E-state index contributed by atoms with van der Waals surface area (Å²) in [5, 5.41) is 2.20. The Balaban J connectivity index is 2.04. The molecule has 0 bridgehead atoms. The summed E-state index contributed by atoms with van der Waals surface area (Å²) in [7, 11) is -0.235. The molecule has 1 aliphatic rings. The van der Waals surface area contributed by atoms with Crippen molar-refractivity contribution in [1.29, 1.82) is 0 Å². The number of nitrogens with zero attached hydrogens (tertiary/aromatic N) is 1. The van der Waals surface area contributed by atoms with Crippen molar-refractivity contribution in [2.75, 3.05) is 19.8 Å². The van der Waals surface area contributed by atoms with Crippen molar-refractivity contribution in [1.82, 2.24) is 10.2 Å². The quantitative estimate of drug-likeness (QED) is 0.785. The molecule has 1 aromatic rings. The van der Waals surface area contributed by atoms with E-state index in [-0.39, 0.29) is 5.91 Å². The fraction of sp³-hybridized carbons (Fsp3) is 0.556. The number of amides is 2. The molecule has 25 heavy (non-hydrogen) atoms. The average molecular weight is 366 g/mol. The molecule has 2 rings (SSSR count). The number of nitrogens with one attached hydrogen (secondary N) is 1. The molecule has 7 heteroatoms. The van der Waals surface area contributed by atoms with Crippen molar-refractivity contribution < 1.29 is 18.0 Å². The van der Waals surface area contributed by atoms with Crippen molar-refractivity contribution in [3.63, 3.8) is 0 Å². The summed E-state index contributed by atoms with van der Waals surface area (Å²) >= 11 is 0. The van der Waals surface area contributed by atoms with Crippen LogP contribution in [0.25, 0.3) is 0 Å². The Labute approximate surface area is 149 Å². The third-order valence-corrected chi connectivity index (χ3v) is 6.65. The smallest absolute Gasteiger partial charge is 0.244 e. The number of rotatable bonds is 7. The molecule has 1 aliphatic carbocycles. The number of likely N-dealkylation sites (N-methyl/N-ethyl adjacent to an activating group) is 1. The first kappa shape index (κ1) is 19.4. The van der Waals surface area contributed by atoms with Gasteiger partial charge in [0, 0.05) is 20.5 Å². The first-order valence-corrected chi connectivity index (χ1v) is 10.3. The number of carbonyl (C=O) groups is 2. The van der Waals surface area contributed by atoms with Gasteiger partial charge in [0.1, 0.15) is 11.8 Å². The molecular weight excluding hydrogens is 340 g/mol. The molecule has 0 aliphatic heterocycles. The van der Waals surface area contributed by atoms with Crippen molar-refractivity contribution in [2.45, 2.75) is 43.4 Å². The summed E-state index contributed by atoms with van der Waals surface area (Å²) in [6.45, 7) is 0. The lowest BCUT2D eigenvalue weighted by atomic mass is 10.1. The molecule has 0 radical (unpaired) electrons. The zero-order valence-corrected chi connectivity index (χ0v) is 15.6. The molecule has 2 amide bonds. The van der Waals surface area contributed by atoms with Gasteiger partial charge < -0.3 is 10.2 Å². The predicted molar refractivity (Wildman–Crippen MR) is 96.8 cm³/mol. The average Bonchev–Trinajstić information content (AvgIpc) is 3.09. The van der Waals surface area contributed by atoms with Gasteiger partial charge in [-0.15, -0.1) is 0 Å². The van der Waals surface area contributed by atoms with Crippen LogP contribution in [0, 0.1) is 0 Å². The van der Waals surface area contributed by atoms with Crippen LogP contribution < -0.4 is 5.32 Å². The van der Waals surface area contributed by atoms with E-state index in [4.69, 9.17) is 0 Å². The lowest BCUT2D eigenvalue weighted by Crippen LogP contribution is -2.49. The second-order valence-electron chi connectivity index (χ2n) is 6.76. The second-order valence-corrected chi connectivity index (χ2v) is 9.04. The normalized spacial score (nSPS) is 16.4. The van der Waals surface area contributed by atoms with Crippen molar-refractivity contribution >= 4 is 21.7 Å². The van der Waals surface area contributed by atoms with Gasteiger partial charge in [0.2, 0.25) is 11.8 Å². The fourth-order valence-electron chi connectivity index (χ4n) is 3.15. The van der Waals surface area contributed by atoms with E-state index < -0.39 is 32.8 Å². The molecule has 0 heterocycles. The van der Waals surface area contributed by atoms with E-state index >= 15 is 0 Å². The Bertz CT molecular complexity index is 695. The molecule has 0 aromatic heterocycles. The molecule has 138 valence electrons. The highest BCUT2D eigenvalue weighted by molar-refractivity contribution is 7.92. The van der Waals surface area contributed by atoms with Crippen molar-refractivity contribution in [3.05, 3.63) is 35.9 Å². The Kier molecular flexibility index (Phi) is 6.58. The molecule has 1 saturated carbocycles.